The fraction of sp³-hybridized carbons (Fsp3) is 0.667. The molecule has 0 bridgehead atoms. The van der Waals surface area contributed by atoms with Crippen molar-refractivity contribution in [1.29, 1.82) is 5.41 Å². The summed E-state index contributed by atoms with van der Waals surface area (Å²) in [6, 6.07) is 0. The van der Waals surface area contributed by atoms with E-state index >= 15 is 0 Å². The van der Waals surface area contributed by atoms with E-state index in [1.165, 1.54) is 17.6 Å². The standard InChI is InChI=1S/C9H15N/c1-6(2)7(3)8-4-5-9(8)10/h8,10H,4-5H2,1-3H3/t8-/m0/s1. The molecule has 0 saturated heterocycles. The van der Waals surface area contributed by atoms with Crippen molar-refractivity contribution >= 4 is 5.71 Å². The molecule has 1 N–H and O–H groups in total. The van der Waals surface area contributed by atoms with Crippen LogP contribution in [-0.4, -0.2) is 5.71 Å². The Morgan fingerprint density at radius 1 is 1.40 bits per heavy atom. The van der Waals surface area contributed by atoms with Gasteiger partial charge < -0.3 is 5.41 Å². The molecule has 1 fully saturated rings. The first kappa shape index (κ1) is 7.52. The zero-order valence-corrected chi connectivity index (χ0v) is 6.99. The van der Waals surface area contributed by atoms with Crippen LogP contribution in [0.25, 0.3) is 0 Å². The Balaban J connectivity index is 2.67. The number of nitrogens with one attached hydrogen (secondary N) is 1. The largest absolute Gasteiger partial charge is 0.309 e. The molecule has 1 saturated carbocycles. The van der Waals surface area contributed by atoms with Crippen LogP contribution in [0.2, 0.25) is 0 Å². The van der Waals surface area contributed by atoms with Crippen molar-refractivity contribution in [2.75, 3.05) is 0 Å². The van der Waals surface area contributed by atoms with Crippen molar-refractivity contribution in [2.45, 2.75) is 33.6 Å². The van der Waals surface area contributed by atoms with Crippen molar-refractivity contribution in [3.63, 3.8) is 0 Å². The van der Waals surface area contributed by atoms with E-state index in [0.29, 0.717) is 5.92 Å². The maximum absolute atomic E-state index is 7.48. The monoisotopic (exact) mass is 137 g/mol. The van der Waals surface area contributed by atoms with Gasteiger partial charge in [0.1, 0.15) is 0 Å². The van der Waals surface area contributed by atoms with Crippen molar-refractivity contribution in [3.8, 4) is 0 Å². The summed E-state index contributed by atoms with van der Waals surface area (Å²) in [5.41, 5.74) is 3.73. The molecule has 56 valence electrons. The maximum Gasteiger partial charge on any atom is 0.0178 e. The maximum atomic E-state index is 7.48. The molecule has 1 heteroatoms. The van der Waals surface area contributed by atoms with Gasteiger partial charge >= 0.3 is 0 Å². The minimum Gasteiger partial charge on any atom is -0.309 e. The Morgan fingerprint density at radius 2 is 2.00 bits per heavy atom. The van der Waals surface area contributed by atoms with Gasteiger partial charge in [0.25, 0.3) is 0 Å². The highest BCUT2D eigenvalue weighted by atomic mass is 14.5. The lowest BCUT2D eigenvalue weighted by Crippen LogP contribution is -2.26. The van der Waals surface area contributed by atoms with Gasteiger partial charge in [-0.25, -0.2) is 0 Å². The number of hydrogen-bond donors (Lipinski definition) is 1. The van der Waals surface area contributed by atoms with Crippen LogP contribution in [0.3, 0.4) is 0 Å². The van der Waals surface area contributed by atoms with Crippen LogP contribution in [0.5, 0.6) is 0 Å². The summed E-state index contributed by atoms with van der Waals surface area (Å²) in [6.45, 7) is 6.40. The molecule has 0 aliphatic heterocycles. The molecule has 0 heterocycles. The highest BCUT2D eigenvalue weighted by molar-refractivity contribution is 5.91. The van der Waals surface area contributed by atoms with Crippen LogP contribution in [0.1, 0.15) is 33.6 Å². The quantitative estimate of drug-likeness (QED) is 0.537. The summed E-state index contributed by atoms with van der Waals surface area (Å²) in [5.74, 6) is 0.505. The Bertz CT molecular complexity index is 185. The lowest BCUT2D eigenvalue weighted by atomic mass is 9.77. The van der Waals surface area contributed by atoms with E-state index in [1.807, 2.05) is 0 Å². The van der Waals surface area contributed by atoms with E-state index in [0.717, 1.165) is 12.1 Å². The third-order valence-corrected chi connectivity index (χ3v) is 2.43. The molecule has 0 amide bonds. The summed E-state index contributed by atoms with van der Waals surface area (Å²) in [7, 11) is 0. The average molecular weight is 137 g/mol. The van der Waals surface area contributed by atoms with E-state index in [-0.39, 0.29) is 0 Å². The first-order valence-electron chi connectivity index (χ1n) is 3.84. The van der Waals surface area contributed by atoms with E-state index < -0.39 is 0 Å². The van der Waals surface area contributed by atoms with E-state index in [9.17, 15) is 0 Å². The van der Waals surface area contributed by atoms with Gasteiger partial charge in [0.2, 0.25) is 0 Å². The van der Waals surface area contributed by atoms with Crippen LogP contribution in [-0.2, 0) is 0 Å². The van der Waals surface area contributed by atoms with Crippen molar-refractivity contribution in [2.24, 2.45) is 5.92 Å². The first-order valence-corrected chi connectivity index (χ1v) is 3.84. The summed E-state index contributed by atoms with van der Waals surface area (Å²) >= 11 is 0. The molecule has 0 spiro atoms. The van der Waals surface area contributed by atoms with Crippen molar-refractivity contribution < 1.29 is 0 Å². The summed E-state index contributed by atoms with van der Waals surface area (Å²) < 4.78 is 0. The third kappa shape index (κ3) is 1.13. The summed E-state index contributed by atoms with van der Waals surface area (Å²) in [4.78, 5) is 0. The molecule has 1 aliphatic carbocycles. The highest BCUT2D eigenvalue weighted by Gasteiger charge is 2.25. The topological polar surface area (TPSA) is 23.9 Å². The average Bonchev–Trinajstić information content (AvgIpc) is 1.84. The molecular formula is C9H15N. The van der Waals surface area contributed by atoms with Crippen LogP contribution < -0.4 is 0 Å². The second kappa shape index (κ2) is 2.57. The zero-order valence-electron chi connectivity index (χ0n) is 6.99. The normalized spacial score (nSPS) is 23.9. The minimum atomic E-state index is 0.505. The summed E-state index contributed by atoms with van der Waals surface area (Å²) in [5, 5.41) is 7.48. The first-order chi connectivity index (χ1) is 4.63. The molecular weight excluding hydrogens is 122 g/mol. The molecule has 1 atom stereocenters. The predicted molar refractivity (Wildman–Crippen MR) is 44.5 cm³/mol. The molecule has 0 aromatic heterocycles. The van der Waals surface area contributed by atoms with Crippen LogP contribution in [0, 0.1) is 11.3 Å². The fourth-order valence-corrected chi connectivity index (χ4v) is 1.26. The van der Waals surface area contributed by atoms with Crippen molar-refractivity contribution in [3.05, 3.63) is 11.1 Å². The molecule has 1 aliphatic rings. The fourth-order valence-electron chi connectivity index (χ4n) is 1.26. The zero-order chi connectivity index (χ0) is 7.72. The predicted octanol–water partition coefficient (Wildman–Crippen LogP) is 2.77. The minimum absolute atomic E-state index is 0.505. The smallest absolute Gasteiger partial charge is 0.0178 e. The molecule has 0 aromatic rings. The van der Waals surface area contributed by atoms with Gasteiger partial charge in [-0.15, -0.1) is 0 Å². The Kier molecular flexibility index (Phi) is 1.93. The van der Waals surface area contributed by atoms with Crippen LogP contribution in [0.15, 0.2) is 11.1 Å². The van der Waals surface area contributed by atoms with Gasteiger partial charge in [0, 0.05) is 11.6 Å². The molecule has 0 radical (unpaired) electrons. The van der Waals surface area contributed by atoms with Gasteiger partial charge in [-0.2, -0.15) is 0 Å². The van der Waals surface area contributed by atoms with Gasteiger partial charge in [-0.3, -0.25) is 0 Å². The van der Waals surface area contributed by atoms with Gasteiger partial charge in [-0.05, 0) is 33.6 Å². The SMILES string of the molecule is CC(C)=C(C)[C@@H]1CCC1=N. The van der Waals surface area contributed by atoms with Crippen molar-refractivity contribution in [1.82, 2.24) is 0 Å². The molecule has 1 nitrogen and oxygen atoms in total. The second-order valence-electron chi connectivity index (χ2n) is 3.30. The Hall–Kier alpha value is -0.590. The number of hydrogen-bond acceptors (Lipinski definition) is 1. The lowest BCUT2D eigenvalue weighted by molar-refractivity contribution is 0.618. The molecule has 10 heavy (non-hydrogen) atoms. The van der Waals surface area contributed by atoms with Crippen LogP contribution >= 0.6 is 0 Å². The van der Waals surface area contributed by atoms with E-state index in [1.54, 1.807) is 0 Å². The van der Waals surface area contributed by atoms with E-state index in [4.69, 9.17) is 5.41 Å². The Labute approximate surface area is 62.6 Å². The second-order valence-corrected chi connectivity index (χ2v) is 3.30. The van der Waals surface area contributed by atoms with Gasteiger partial charge in [-0.1, -0.05) is 11.1 Å². The molecule has 0 unspecified atom stereocenters. The number of allylic oxidation sites excluding steroid dienone is 2. The number of rotatable bonds is 1. The molecule has 0 aromatic carbocycles. The van der Waals surface area contributed by atoms with Gasteiger partial charge in [0.05, 0.1) is 0 Å². The highest BCUT2D eigenvalue weighted by Crippen LogP contribution is 2.30. The Morgan fingerprint density at radius 3 is 2.10 bits per heavy atom. The lowest BCUT2D eigenvalue weighted by Gasteiger charge is -2.28. The van der Waals surface area contributed by atoms with Gasteiger partial charge in [0.15, 0.2) is 0 Å². The molecule has 1 rings (SSSR count). The summed E-state index contributed by atoms with van der Waals surface area (Å²) in [6.07, 6.45) is 2.23. The van der Waals surface area contributed by atoms with E-state index in [2.05, 4.69) is 20.8 Å². The van der Waals surface area contributed by atoms with Crippen LogP contribution in [0.4, 0.5) is 0 Å². The third-order valence-electron chi connectivity index (χ3n) is 2.43.